The van der Waals surface area contributed by atoms with Crippen LogP contribution in [0, 0.1) is 6.92 Å². The average Bonchev–Trinajstić information content (AvgIpc) is 3.25. The minimum atomic E-state index is -0.259. The summed E-state index contributed by atoms with van der Waals surface area (Å²) in [6, 6.07) is 15.7. The number of methoxy groups -OCH3 is 2. The van der Waals surface area contributed by atoms with Gasteiger partial charge in [-0.1, -0.05) is 32.9 Å². The molecule has 0 aliphatic rings. The first-order valence-electron chi connectivity index (χ1n) is 10.5. The van der Waals surface area contributed by atoms with Crippen LogP contribution in [0.3, 0.4) is 0 Å². The van der Waals surface area contributed by atoms with Crippen LogP contribution in [0.5, 0.6) is 11.5 Å². The van der Waals surface area contributed by atoms with Crippen LogP contribution >= 0.6 is 11.8 Å². The van der Waals surface area contributed by atoms with Crippen LogP contribution < -0.4 is 14.8 Å². The van der Waals surface area contributed by atoms with Crippen molar-refractivity contribution < 1.29 is 18.7 Å². The molecule has 5 nitrogen and oxygen atoms in total. The van der Waals surface area contributed by atoms with E-state index in [9.17, 15) is 4.79 Å². The van der Waals surface area contributed by atoms with Crippen molar-refractivity contribution in [3.05, 3.63) is 76.7 Å². The number of rotatable bonds is 8. The third kappa shape index (κ3) is 5.88. The molecule has 0 aliphatic carbocycles. The maximum absolute atomic E-state index is 12.6. The van der Waals surface area contributed by atoms with Gasteiger partial charge in [-0.05, 0) is 53.8 Å². The summed E-state index contributed by atoms with van der Waals surface area (Å²) in [7, 11) is 3.20. The minimum Gasteiger partial charge on any atom is -0.497 e. The van der Waals surface area contributed by atoms with Crippen molar-refractivity contribution in [2.75, 3.05) is 14.2 Å². The van der Waals surface area contributed by atoms with Gasteiger partial charge in [-0.25, -0.2) is 0 Å². The lowest BCUT2D eigenvalue weighted by Crippen LogP contribution is -2.22. The van der Waals surface area contributed by atoms with Gasteiger partial charge in [0.25, 0.3) is 5.91 Å². The molecule has 6 heteroatoms. The lowest BCUT2D eigenvalue weighted by molar-refractivity contribution is 0.0921. The average molecular weight is 454 g/mol. The van der Waals surface area contributed by atoms with E-state index < -0.39 is 0 Å². The fourth-order valence-corrected chi connectivity index (χ4v) is 4.17. The van der Waals surface area contributed by atoms with Crippen LogP contribution in [0.2, 0.25) is 0 Å². The number of hydrogen-bond acceptors (Lipinski definition) is 5. The molecule has 0 saturated heterocycles. The molecule has 0 radical (unpaired) electrons. The monoisotopic (exact) mass is 453 g/mol. The van der Waals surface area contributed by atoms with Crippen LogP contribution in [-0.4, -0.2) is 20.1 Å². The molecule has 1 amide bonds. The van der Waals surface area contributed by atoms with Gasteiger partial charge in [-0.2, -0.15) is 0 Å². The van der Waals surface area contributed by atoms with Gasteiger partial charge in [0.1, 0.15) is 17.3 Å². The number of amides is 1. The van der Waals surface area contributed by atoms with Gasteiger partial charge in [0, 0.05) is 23.1 Å². The number of nitrogens with one attached hydrogen (secondary N) is 1. The smallest absolute Gasteiger partial charge is 0.287 e. The lowest BCUT2D eigenvalue weighted by atomic mass is 9.87. The van der Waals surface area contributed by atoms with E-state index in [0.717, 1.165) is 11.3 Å². The van der Waals surface area contributed by atoms with E-state index in [2.05, 4.69) is 51.2 Å². The Morgan fingerprint density at radius 1 is 1.03 bits per heavy atom. The Kier molecular flexibility index (Phi) is 7.56. The van der Waals surface area contributed by atoms with Crippen molar-refractivity contribution in [2.45, 2.75) is 50.3 Å². The van der Waals surface area contributed by atoms with Gasteiger partial charge >= 0.3 is 0 Å². The molecule has 2 aromatic carbocycles. The normalized spacial score (nSPS) is 11.3. The molecular formula is C26H31NO4S. The molecule has 1 heterocycles. The zero-order valence-corrected chi connectivity index (χ0v) is 20.4. The molecule has 32 heavy (non-hydrogen) atoms. The Hall–Kier alpha value is -2.86. The summed E-state index contributed by atoms with van der Waals surface area (Å²) in [6.07, 6.45) is 0. The van der Waals surface area contributed by atoms with Crippen molar-refractivity contribution in [3.8, 4) is 11.5 Å². The second-order valence-electron chi connectivity index (χ2n) is 8.65. The van der Waals surface area contributed by atoms with E-state index in [1.807, 2.05) is 18.2 Å². The summed E-state index contributed by atoms with van der Waals surface area (Å²) < 4.78 is 16.4. The SMILES string of the molecule is COc1ccc(CNC(=O)c2ccc(CSc3cc(C(C)(C)C)ccc3C)o2)c(OC)c1. The molecule has 0 saturated carbocycles. The molecule has 0 bridgehead atoms. The minimum absolute atomic E-state index is 0.103. The molecular weight excluding hydrogens is 422 g/mol. The van der Waals surface area contributed by atoms with E-state index in [-0.39, 0.29) is 11.3 Å². The van der Waals surface area contributed by atoms with Crippen LogP contribution in [-0.2, 0) is 17.7 Å². The third-order valence-electron chi connectivity index (χ3n) is 5.24. The highest BCUT2D eigenvalue weighted by Gasteiger charge is 2.16. The summed E-state index contributed by atoms with van der Waals surface area (Å²) in [5.41, 5.74) is 3.50. The molecule has 1 aromatic heterocycles. The second kappa shape index (κ2) is 10.2. The zero-order chi connectivity index (χ0) is 23.3. The maximum Gasteiger partial charge on any atom is 0.287 e. The number of benzene rings is 2. The maximum atomic E-state index is 12.6. The lowest BCUT2D eigenvalue weighted by Gasteiger charge is -2.20. The number of thioether (sulfide) groups is 1. The molecule has 0 spiro atoms. The van der Waals surface area contributed by atoms with E-state index in [0.29, 0.717) is 29.6 Å². The van der Waals surface area contributed by atoms with Gasteiger partial charge in [0.05, 0.1) is 20.0 Å². The fourth-order valence-electron chi connectivity index (χ4n) is 3.21. The standard InChI is InChI=1S/C26H31NO4S/c1-17-7-9-19(26(2,3)4)13-24(17)32-16-21-11-12-22(31-21)25(28)27-15-18-8-10-20(29-5)14-23(18)30-6/h7-14H,15-16H2,1-6H3,(H,27,28). The van der Waals surface area contributed by atoms with Crippen molar-refractivity contribution in [2.24, 2.45) is 0 Å². The van der Waals surface area contributed by atoms with Gasteiger partial charge in [-0.15, -0.1) is 11.8 Å². The van der Waals surface area contributed by atoms with Gasteiger partial charge in [-0.3, -0.25) is 4.79 Å². The summed E-state index contributed by atoms with van der Waals surface area (Å²) in [5.74, 6) is 2.83. The molecule has 0 unspecified atom stereocenters. The van der Waals surface area contributed by atoms with Crippen LogP contribution in [0.4, 0.5) is 0 Å². The number of carbonyl (C=O) groups excluding carboxylic acids is 1. The van der Waals surface area contributed by atoms with Crippen molar-refractivity contribution in [1.82, 2.24) is 5.32 Å². The van der Waals surface area contributed by atoms with Crippen LogP contribution in [0.15, 0.2) is 57.8 Å². The topological polar surface area (TPSA) is 60.7 Å². The number of ether oxygens (including phenoxy) is 2. The molecule has 0 aliphatic heterocycles. The third-order valence-corrected chi connectivity index (χ3v) is 6.42. The Morgan fingerprint density at radius 2 is 1.81 bits per heavy atom. The first-order valence-corrected chi connectivity index (χ1v) is 11.5. The molecule has 1 N–H and O–H groups in total. The number of hydrogen-bond donors (Lipinski definition) is 1. The number of furan rings is 1. The largest absolute Gasteiger partial charge is 0.497 e. The van der Waals surface area contributed by atoms with E-state index in [1.165, 1.54) is 16.0 Å². The van der Waals surface area contributed by atoms with Crippen molar-refractivity contribution in [1.29, 1.82) is 0 Å². The first kappa shape index (κ1) is 23.8. The summed E-state index contributed by atoms with van der Waals surface area (Å²) in [6.45, 7) is 9.08. The quantitative estimate of drug-likeness (QED) is 0.416. The van der Waals surface area contributed by atoms with Gasteiger partial charge in [0.2, 0.25) is 0 Å². The summed E-state index contributed by atoms with van der Waals surface area (Å²) in [5, 5.41) is 2.89. The highest BCUT2D eigenvalue weighted by molar-refractivity contribution is 7.98. The van der Waals surface area contributed by atoms with Gasteiger partial charge < -0.3 is 19.2 Å². The Bertz CT molecular complexity index is 1080. The van der Waals surface area contributed by atoms with Crippen LogP contribution in [0.1, 0.15) is 53.8 Å². The van der Waals surface area contributed by atoms with E-state index >= 15 is 0 Å². The highest BCUT2D eigenvalue weighted by Crippen LogP contribution is 2.32. The van der Waals surface area contributed by atoms with E-state index in [4.69, 9.17) is 13.9 Å². The van der Waals surface area contributed by atoms with Crippen molar-refractivity contribution in [3.63, 3.8) is 0 Å². The highest BCUT2D eigenvalue weighted by atomic mass is 32.2. The van der Waals surface area contributed by atoms with Gasteiger partial charge in [0.15, 0.2) is 5.76 Å². The van der Waals surface area contributed by atoms with Crippen molar-refractivity contribution >= 4 is 17.7 Å². The summed E-state index contributed by atoms with van der Waals surface area (Å²) >= 11 is 1.72. The Labute approximate surface area is 194 Å². The molecule has 0 atom stereocenters. The molecule has 3 aromatic rings. The number of carbonyl (C=O) groups is 1. The fraction of sp³-hybridized carbons (Fsp3) is 0.346. The number of aryl methyl sites for hydroxylation is 1. The second-order valence-corrected chi connectivity index (χ2v) is 9.66. The zero-order valence-electron chi connectivity index (χ0n) is 19.6. The molecule has 170 valence electrons. The van der Waals surface area contributed by atoms with E-state index in [1.54, 1.807) is 38.1 Å². The molecule has 0 fully saturated rings. The Balaban J connectivity index is 1.61. The Morgan fingerprint density at radius 3 is 2.50 bits per heavy atom. The van der Waals surface area contributed by atoms with Crippen LogP contribution in [0.25, 0.3) is 0 Å². The predicted octanol–water partition coefficient (Wildman–Crippen LogP) is 6.13. The first-order chi connectivity index (χ1) is 15.2. The molecule has 3 rings (SSSR count). The predicted molar refractivity (Wildman–Crippen MR) is 129 cm³/mol. The summed E-state index contributed by atoms with van der Waals surface area (Å²) in [4.78, 5) is 13.8.